The number of carbonyl (C=O) groups is 2. The summed E-state index contributed by atoms with van der Waals surface area (Å²) in [5, 5.41) is 0. The second kappa shape index (κ2) is 12.4. The quantitative estimate of drug-likeness (QED) is 0.317. The highest BCUT2D eigenvalue weighted by Gasteiger charge is 2.33. The van der Waals surface area contributed by atoms with Crippen LogP contribution in [0.2, 0.25) is 0 Å². The van der Waals surface area contributed by atoms with Gasteiger partial charge in [-0.25, -0.2) is 4.79 Å². The van der Waals surface area contributed by atoms with Gasteiger partial charge >= 0.3 is 12.1 Å². The van der Waals surface area contributed by atoms with E-state index in [1.807, 2.05) is 23.2 Å². The number of aromatic amines is 2. The monoisotopic (exact) mass is 566 g/mol. The topological polar surface area (TPSA) is 116 Å². The molecule has 0 atom stereocenters. The maximum Gasteiger partial charge on any atom is 0.573 e. The highest BCUT2D eigenvalue weighted by molar-refractivity contribution is 5.95. The lowest BCUT2D eigenvalue weighted by Crippen LogP contribution is -2.34. The van der Waals surface area contributed by atoms with Crippen molar-refractivity contribution in [2.75, 3.05) is 7.05 Å². The number of nitrogens with one attached hydrogen (secondary N) is 2. The van der Waals surface area contributed by atoms with Gasteiger partial charge in [0.25, 0.3) is 17.4 Å². The van der Waals surface area contributed by atoms with E-state index in [0.29, 0.717) is 5.56 Å². The maximum absolute atomic E-state index is 13.4. The summed E-state index contributed by atoms with van der Waals surface area (Å²) in [6, 6.07) is 22.2. The number of ether oxygens (including phenoxy) is 1. The highest BCUT2D eigenvalue weighted by atomic mass is 19.4. The SMILES string of the molecule is CN(Cc1ccccc1)C(=O)c1ccc(CN(Cc2ccccc2)C(=O)c2cc(=O)[nH]c(=O)[nH]2)c(OC(F)(F)F)c1. The van der Waals surface area contributed by atoms with Gasteiger partial charge in [-0.2, -0.15) is 0 Å². The third-order valence-corrected chi connectivity index (χ3v) is 6.00. The first-order valence-electron chi connectivity index (χ1n) is 12.3. The molecule has 0 fully saturated rings. The van der Waals surface area contributed by atoms with E-state index in [9.17, 15) is 32.3 Å². The van der Waals surface area contributed by atoms with Crippen molar-refractivity contribution in [2.45, 2.75) is 26.0 Å². The van der Waals surface area contributed by atoms with Crippen LogP contribution < -0.4 is 16.0 Å². The number of H-pyrrole nitrogens is 2. The molecule has 2 amide bonds. The summed E-state index contributed by atoms with van der Waals surface area (Å²) in [4.78, 5) is 56.7. The molecular formula is C29H25F3N4O5. The van der Waals surface area contributed by atoms with E-state index in [2.05, 4.69) is 9.72 Å². The molecule has 0 bridgehead atoms. The minimum absolute atomic E-state index is 0.0497. The van der Waals surface area contributed by atoms with E-state index in [1.165, 1.54) is 24.1 Å². The van der Waals surface area contributed by atoms with Gasteiger partial charge in [-0.3, -0.25) is 19.4 Å². The molecule has 212 valence electrons. The standard InChI is InChI=1S/C29H25F3N4O5/c1-35(16-19-8-4-2-5-9-19)26(38)21-12-13-22(24(14-21)41-29(30,31)32)18-36(17-20-10-6-3-7-11-20)27(39)23-15-25(37)34-28(40)33-23/h2-15H,16-18H2,1H3,(H2,33,34,37,40). The Labute approximate surface area is 231 Å². The van der Waals surface area contributed by atoms with Crippen molar-refractivity contribution in [2.24, 2.45) is 0 Å². The molecule has 4 rings (SSSR count). The van der Waals surface area contributed by atoms with Crippen LogP contribution >= 0.6 is 0 Å². The summed E-state index contributed by atoms with van der Waals surface area (Å²) in [5.41, 5.74) is -0.709. The van der Waals surface area contributed by atoms with Gasteiger partial charge in [0.05, 0.1) is 6.54 Å². The number of rotatable bonds is 9. The van der Waals surface area contributed by atoms with Gasteiger partial charge in [0.2, 0.25) is 0 Å². The van der Waals surface area contributed by atoms with Gasteiger partial charge in [-0.05, 0) is 23.3 Å². The highest BCUT2D eigenvalue weighted by Crippen LogP contribution is 2.30. The molecule has 3 aromatic carbocycles. The van der Waals surface area contributed by atoms with Crippen LogP contribution in [0.1, 0.15) is 37.5 Å². The largest absolute Gasteiger partial charge is 0.573 e. The third-order valence-electron chi connectivity index (χ3n) is 6.00. The summed E-state index contributed by atoms with van der Waals surface area (Å²) in [6.07, 6.45) is -5.08. The number of benzene rings is 3. The van der Waals surface area contributed by atoms with Crippen LogP contribution in [0.4, 0.5) is 13.2 Å². The van der Waals surface area contributed by atoms with E-state index in [-0.39, 0.29) is 29.9 Å². The average Bonchev–Trinajstić information content (AvgIpc) is 2.92. The minimum atomic E-state index is -5.08. The first kappa shape index (κ1) is 28.9. The molecule has 0 saturated carbocycles. The number of nitrogens with zero attached hydrogens (tertiary/aromatic N) is 2. The van der Waals surface area contributed by atoms with Gasteiger partial charge in [0.1, 0.15) is 11.4 Å². The molecule has 0 spiro atoms. The van der Waals surface area contributed by atoms with Gasteiger partial charge in [-0.1, -0.05) is 66.7 Å². The number of aromatic nitrogens is 2. The molecule has 0 saturated heterocycles. The Morgan fingerprint density at radius 2 is 1.39 bits per heavy atom. The van der Waals surface area contributed by atoms with Crippen LogP contribution in [-0.2, 0) is 19.6 Å². The Morgan fingerprint density at radius 1 is 0.780 bits per heavy atom. The number of hydrogen-bond acceptors (Lipinski definition) is 5. The van der Waals surface area contributed by atoms with Crippen molar-refractivity contribution in [1.29, 1.82) is 0 Å². The molecule has 0 unspecified atom stereocenters. The van der Waals surface area contributed by atoms with Crippen molar-refractivity contribution in [3.05, 3.63) is 134 Å². The molecule has 2 N–H and O–H groups in total. The number of halogens is 3. The molecule has 12 heteroatoms. The van der Waals surface area contributed by atoms with Gasteiger partial charge in [0, 0.05) is 37.3 Å². The van der Waals surface area contributed by atoms with E-state index in [0.717, 1.165) is 22.6 Å². The lowest BCUT2D eigenvalue weighted by Gasteiger charge is -2.25. The summed E-state index contributed by atoms with van der Waals surface area (Å²) < 4.78 is 44.5. The lowest BCUT2D eigenvalue weighted by molar-refractivity contribution is -0.275. The van der Waals surface area contributed by atoms with Gasteiger partial charge in [0.15, 0.2) is 0 Å². The Morgan fingerprint density at radius 3 is 1.98 bits per heavy atom. The molecule has 0 radical (unpaired) electrons. The van der Waals surface area contributed by atoms with Crippen LogP contribution in [-0.4, -0.2) is 45.0 Å². The first-order valence-corrected chi connectivity index (χ1v) is 12.3. The predicted octanol–water partition coefficient (Wildman–Crippen LogP) is 4.08. The summed E-state index contributed by atoms with van der Waals surface area (Å²) >= 11 is 0. The zero-order chi connectivity index (χ0) is 29.6. The third kappa shape index (κ3) is 7.94. The summed E-state index contributed by atoms with van der Waals surface area (Å²) in [5.74, 6) is -2.01. The Balaban J connectivity index is 1.68. The molecule has 4 aromatic rings. The van der Waals surface area contributed by atoms with Crippen LogP contribution in [0.15, 0.2) is 94.5 Å². The van der Waals surface area contributed by atoms with Crippen LogP contribution in [0, 0.1) is 0 Å². The van der Waals surface area contributed by atoms with Crippen molar-refractivity contribution in [3.63, 3.8) is 0 Å². The fraction of sp³-hybridized carbons (Fsp3) is 0.172. The molecule has 1 aromatic heterocycles. The number of alkyl halides is 3. The molecule has 1 heterocycles. The zero-order valence-electron chi connectivity index (χ0n) is 21.8. The smallest absolute Gasteiger partial charge is 0.405 e. The number of amides is 2. The fourth-order valence-corrected chi connectivity index (χ4v) is 4.15. The van der Waals surface area contributed by atoms with Gasteiger partial charge in [-0.15, -0.1) is 13.2 Å². The van der Waals surface area contributed by atoms with Crippen LogP contribution in [0.3, 0.4) is 0 Å². The van der Waals surface area contributed by atoms with E-state index in [1.54, 1.807) is 42.5 Å². The molecule has 0 aliphatic carbocycles. The Hall–Kier alpha value is -5.13. The van der Waals surface area contributed by atoms with Crippen molar-refractivity contribution >= 4 is 11.8 Å². The molecule has 41 heavy (non-hydrogen) atoms. The summed E-state index contributed by atoms with van der Waals surface area (Å²) in [7, 11) is 1.52. The zero-order valence-corrected chi connectivity index (χ0v) is 21.8. The fourth-order valence-electron chi connectivity index (χ4n) is 4.15. The second-order valence-electron chi connectivity index (χ2n) is 9.17. The van der Waals surface area contributed by atoms with E-state index in [4.69, 9.17) is 0 Å². The predicted molar refractivity (Wildman–Crippen MR) is 143 cm³/mol. The molecule has 0 aliphatic rings. The Kier molecular flexibility index (Phi) is 8.71. The van der Waals surface area contributed by atoms with Crippen LogP contribution in [0.5, 0.6) is 5.75 Å². The first-order chi connectivity index (χ1) is 19.5. The Bertz CT molecular complexity index is 1610. The average molecular weight is 567 g/mol. The summed E-state index contributed by atoms with van der Waals surface area (Å²) in [6.45, 7) is -0.243. The number of carbonyl (C=O) groups excluding carboxylic acids is 2. The van der Waals surface area contributed by atoms with Crippen LogP contribution in [0.25, 0.3) is 0 Å². The molecule has 9 nitrogen and oxygen atoms in total. The minimum Gasteiger partial charge on any atom is -0.405 e. The van der Waals surface area contributed by atoms with Crippen molar-refractivity contribution in [1.82, 2.24) is 19.8 Å². The maximum atomic E-state index is 13.4. The molecular weight excluding hydrogens is 541 g/mol. The lowest BCUT2D eigenvalue weighted by atomic mass is 10.1. The van der Waals surface area contributed by atoms with Crippen molar-refractivity contribution in [3.8, 4) is 5.75 Å². The van der Waals surface area contributed by atoms with E-state index < -0.39 is 41.7 Å². The normalized spacial score (nSPS) is 11.1. The van der Waals surface area contributed by atoms with Crippen molar-refractivity contribution < 1.29 is 27.5 Å². The molecule has 0 aliphatic heterocycles. The second-order valence-corrected chi connectivity index (χ2v) is 9.17. The number of hydrogen-bond donors (Lipinski definition) is 2. The van der Waals surface area contributed by atoms with Gasteiger partial charge < -0.3 is 19.5 Å². The van der Waals surface area contributed by atoms with E-state index >= 15 is 0 Å².